The van der Waals surface area contributed by atoms with E-state index in [0.29, 0.717) is 12.0 Å². The highest BCUT2D eigenvalue weighted by Crippen LogP contribution is 2.11. The molecule has 1 amide bonds. The number of hydrogen-bond acceptors (Lipinski definition) is 2. The smallest absolute Gasteiger partial charge is 0.224 e. The van der Waals surface area contributed by atoms with Gasteiger partial charge >= 0.3 is 0 Å². The molecule has 3 heteroatoms. The first-order valence-corrected chi connectivity index (χ1v) is 6.52. The van der Waals surface area contributed by atoms with Crippen LogP contribution in [0.4, 0.5) is 0 Å². The Hall–Kier alpha value is -2.60. The Labute approximate surface area is 118 Å². The summed E-state index contributed by atoms with van der Waals surface area (Å²) in [6.45, 7) is 1.96. The van der Waals surface area contributed by atoms with E-state index in [0.717, 1.165) is 11.1 Å². The lowest BCUT2D eigenvalue weighted by Crippen LogP contribution is -2.28. The molecule has 0 bridgehead atoms. The van der Waals surface area contributed by atoms with Crippen molar-refractivity contribution in [3.05, 3.63) is 71.3 Å². The Kier molecular flexibility index (Phi) is 4.52. The molecular formula is C17H16N2O. The van der Waals surface area contributed by atoms with Crippen LogP contribution >= 0.6 is 0 Å². The summed E-state index contributed by atoms with van der Waals surface area (Å²) in [5, 5.41) is 11.7. The molecule has 2 aromatic rings. The molecule has 0 saturated heterocycles. The fourth-order valence-corrected chi connectivity index (χ4v) is 2.00. The SMILES string of the molecule is CC(NC(=O)Cc1ccc(C#N)cc1)c1ccccc1. The topological polar surface area (TPSA) is 52.9 Å². The third-order valence-corrected chi connectivity index (χ3v) is 3.12. The summed E-state index contributed by atoms with van der Waals surface area (Å²) in [5.41, 5.74) is 2.59. The minimum atomic E-state index is -0.0222. The first kappa shape index (κ1) is 13.8. The van der Waals surface area contributed by atoms with Crippen LogP contribution in [0, 0.1) is 11.3 Å². The van der Waals surface area contributed by atoms with Gasteiger partial charge in [-0.2, -0.15) is 5.26 Å². The molecule has 2 rings (SSSR count). The molecule has 2 aromatic carbocycles. The largest absolute Gasteiger partial charge is 0.349 e. The maximum Gasteiger partial charge on any atom is 0.224 e. The molecule has 100 valence electrons. The quantitative estimate of drug-likeness (QED) is 0.923. The van der Waals surface area contributed by atoms with Gasteiger partial charge in [0, 0.05) is 0 Å². The number of nitrogens with one attached hydrogen (secondary N) is 1. The van der Waals surface area contributed by atoms with Crippen molar-refractivity contribution in [1.29, 1.82) is 5.26 Å². The maximum absolute atomic E-state index is 12.0. The second kappa shape index (κ2) is 6.53. The third kappa shape index (κ3) is 3.69. The molecule has 3 nitrogen and oxygen atoms in total. The zero-order valence-electron chi connectivity index (χ0n) is 11.3. The summed E-state index contributed by atoms with van der Waals surface area (Å²) in [4.78, 5) is 12.0. The van der Waals surface area contributed by atoms with Crippen LogP contribution in [0.3, 0.4) is 0 Å². The lowest BCUT2D eigenvalue weighted by molar-refractivity contribution is -0.121. The normalized spacial score (nSPS) is 11.4. The summed E-state index contributed by atoms with van der Waals surface area (Å²) in [6, 6.07) is 19.0. The average molecular weight is 264 g/mol. The van der Waals surface area contributed by atoms with Crippen LogP contribution in [0.5, 0.6) is 0 Å². The van der Waals surface area contributed by atoms with Gasteiger partial charge in [-0.1, -0.05) is 42.5 Å². The summed E-state index contributed by atoms with van der Waals surface area (Å²) < 4.78 is 0. The van der Waals surface area contributed by atoms with Crippen molar-refractivity contribution in [2.45, 2.75) is 19.4 Å². The monoisotopic (exact) mass is 264 g/mol. The summed E-state index contributed by atoms with van der Waals surface area (Å²) >= 11 is 0. The zero-order valence-corrected chi connectivity index (χ0v) is 11.3. The van der Waals surface area contributed by atoms with Gasteiger partial charge in [-0.25, -0.2) is 0 Å². The van der Waals surface area contributed by atoms with Gasteiger partial charge in [0.2, 0.25) is 5.91 Å². The Morgan fingerprint density at radius 3 is 2.40 bits per heavy atom. The van der Waals surface area contributed by atoms with Crippen molar-refractivity contribution < 1.29 is 4.79 Å². The Bertz CT molecular complexity index is 612. The number of hydrogen-bond donors (Lipinski definition) is 1. The van der Waals surface area contributed by atoms with Crippen LogP contribution in [0.15, 0.2) is 54.6 Å². The van der Waals surface area contributed by atoms with E-state index in [2.05, 4.69) is 11.4 Å². The third-order valence-electron chi connectivity index (χ3n) is 3.12. The highest BCUT2D eigenvalue weighted by molar-refractivity contribution is 5.79. The number of carbonyl (C=O) groups is 1. The van der Waals surface area contributed by atoms with E-state index >= 15 is 0 Å². The van der Waals surface area contributed by atoms with Crippen molar-refractivity contribution >= 4 is 5.91 Å². The van der Waals surface area contributed by atoms with E-state index in [1.807, 2.05) is 49.4 Å². The van der Waals surface area contributed by atoms with Gasteiger partial charge in [0.15, 0.2) is 0 Å². The molecule has 0 heterocycles. The van der Waals surface area contributed by atoms with Crippen LogP contribution in [0.1, 0.15) is 29.7 Å². The first-order chi connectivity index (χ1) is 9.69. The van der Waals surface area contributed by atoms with Crippen LogP contribution in [0.25, 0.3) is 0 Å². The Morgan fingerprint density at radius 2 is 1.80 bits per heavy atom. The molecular weight excluding hydrogens is 248 g/mol. The van der Waals surface area contributed by atoms with Crippen molar-refractivity contribution in [3.63, 3.8) is 0 Å². The van der Waals surface area contributed by atoms with Crippen LogP contribution in [-0.4, -0.2) is 5.91 Å². The summed E-state index contributed by atoms with van der Waals surface area (Å²) in [5.74, 6) is -0.0222. The lowest BCUT2D eigenvalue weighted by Gasteiger charge is -2.14. The van der Waals surface area contributed by atoms with Crippen molar-refractivity contribution in [1.82, 2.24) is 5.32 Å². The summed E-state index contributed by atoms with van der Waals surface area (Å²) in [6.07, 6.45) is 0.322. The number of amides is 1. The highest BCUT2D eigenvalue weighted by Gasteiger charge is 2.09. The molecule has 1 N–H and O–H groups in total. The fraction of sp³-hybridized carbons (Fsp3) is 0.176. The molecule has 0 spiro atoms. The number of rotatable bonds is 4. The molecule has 0 aliphatic carbocycles. The van der Waals surface area contributed by atoms with Crippen molar-refractivity contribution in [2.75, 3.05) is 0 Å². The van der Waals surface area contributed by atoms with E-state index in [1.54, 1.807) is 12.1 Å². The number of benzene rings is 2. The molecule has 0 fully saturated rings. The van der Waals surface area contributed by atoms with E-state index in [-0.39, 0.29) is 11.9 Å². The molecule has 0 saturated carbocycles. The predicted molar refractivity (Wildman–Crippen MR) is 77.9 cm³/mol. The van der Waals surface area contributed by atoms with Crippen molar-refractivity contribution in [3.8, 4) is 6.07 Å². The van der Waals surface area contributed by atoms with E-state index < -0.39 is 0 Å². The zero-order chi connectivity index (χ0) is 14.4. The molecule has 0 aliphatic rings. The number of nitriles is 1. The van der Waals surface area contributed by atoms with Gasteiger partial charge < -0.3 is 5.32 Å². The fourth-order valence-electron chi connectivity index (χ4n) is 2.00. The second-order valence-corrected chi connectivity index (χ2v) is 4.69. The van der Waals surface area contributed by atoms with E-state index in [9.17, 15) is 4.79 Å². The van der Waals surface area contributed by atoms with Crippen LogP contribution < -0.4 is 5.32 Å². The minimum Gasteiger partial charge on any atom is -0.349 e. The minimum absolute atomic E-state index is 0.0120. The van der Waals surface area contributed by atoms with Gasteiger partial charge in [0.1, 0.15) is 0 Å². The summed E-state index contributed by atoms with van der Waals surface area (Å²) in [7, 11) is 0. The molecule has 20 heavy (non-hydrogen) atoms. The van der Waals surface area contributed by atoms with E-state index in [4.69, 9.17) is 5.26 Å². The van der Waals surface area contributed by atoms with Gasteiger partial charge in [0.25, 0.3) is 0 Å². The first-order valence-electron chi connectivity index (χ1n) is 6.52. The lowest BCUT2D eigenvalue weighted by atomic mass is 10.1. The van der Waals surface area contributed by atoms with E-state index in [1.165, 1.54) is 0 Å². The molecule has 0 radical (unpaired) electrons. The highest BCUT2D eigenvalue weighted by atomic mass is 16.1. The number of nitrogens with zero attached hydrogens (tertiary/aromatic N) is 1. The van der Waals surface area contributed by atoms with Crippen LogP contribution in [0.2, 0.25) is 0 Å². The molecule has 0 aliphatic heterocycles. The van der Waals surface area contributed by atoms with Gasteiger partial charge in [0.05, 0.1) is 24.1 Å². The maximum atomic E-state index is 12.0. The second-order valence-electron chi connectivity index (χ2n) is 4.69. The Morgan fingerprint density at radius 1 is 1.15 bits per heavy atom. The molecule has 0 aromatic heterocycles. The average Bonchev–Trinajstić information content (AvgIpc) is 2.49. The molecule has 1 atom stereocenters. The predicted octanol–water partition coefficient (Wildman–Crippen LogP) is 2.98. The number of carbonyl (C=O) groups excluding carboxylic acids is 1. The standard InChI is InChI=1S/C17H16N2O/c1-13(16-5-3-2-4-6-16)19-17(20)11-14-7-9-15(12-18)10-8-14/h2-10,13H,11H2,1H3,(H,19,20). The van der Waals surface area contributed by atoms with Gasteiger partial charge in [-0.05, 0) is 30.2 Å². The van der Waals surface area contributed by atoms with Crippen LogP contribution in [-0.2, 0) is 11.2 Å². The molecule has 1 unspecified atom stereocenters. The van der Waals surface area contributed by atoms with Gasteiger partial charge in [-0.15, -0.1) is 0 Å². The van der Waals surface area contributed by atoms with Gasteiger partial charge in [-0.3, -0.25) is 4.79 Å². The Balaban J connectivity index is 1.93. The van der Waals surface area contributed by atoms with Crippen molar-refractivity contribution in [2.24, 2.45) is 0 Å².